The highest BCUT2D eigenvalue weighted by Gasteiger charge is 2.83. The summed E-state index contributed by atoms with van der Waals surface area (Å²) in [5.74, 6) is -2.09. The average Bonchev–Trinajstić information content (AvgIpc) is 1.49. The number of para-hydroxylation sites is 1. The first-order valence-corrected chi connectivity index (χ1v) is 31.0. The molecule has 1 unspecified atom stereocenters. The van der Waals surface area contributed by atoms with E-state index < -0.39 is 81.2 Å². The van der Waals surface area contributed by atoms with Gasteiger partial charge in [-0.05, 0) is 130 Å². The van der Waals surface area contributed by atoms with E-state index >= 15 is 14.4 Å². The Morgan fingerprint density at radius 2 is 1.49 bits per heavy atom. The maximum atomic E-state index is 15.8. The minimum Gasteiger partial charge on any atom is -0.496 e. The highest BCUT2D eigenvalue weighted by atomic mass is 16.8. The van der Waals surface area contributed by atoms with E-state index in [2.05, 4.69) is 74.0 Å². The summed E-state index contributed by atoms with van der Waals surface area (Å²) >= 11 is 0. The quantitative estimate of drug-likeness (QED) is 0.0659. The third-order valence-electron chi connectivity index (χ3n) is 20.9. The molecule has 12 atom stereocenters. The van der Waals surface area contributed by atoms with Crippen LogP contribution in [0.5, 0.6) is 5.75 Å². The van der Waals surface area contributed by atoms with Crippen LogP contribution in [0.2, 0.25) is 0 Å². The molecule has 17 nitrogen and oxygen atoms in total. The number of carbonyl (C=O) groups is 4. The Labute approximate surface area is 508 Å². The van der Waals surface area contributed by atoms with Gasteiger partial charge in [0.05, 0.1) is 45.8 Å². The second-order valence-corrected chi connectivity index (χ2v) is 27.1. The fourth-order valence-corrected chi connectivity index (χ4v) is 17.8. The molecule has 0 aromatic heterocycles. The smallest absolute Gasteiger partial charge is 0.496 e. The molecule has 0 amide bonds. The van der Waals surface area contributed by atoms with Gasteiger partial charge in [0.1, 0.15) is 23.3 Å². The zero-order chi connectivity index (χ0) is 61.9. The minimum absolute atomic E-state index is 0.160. The lowest BCUT2D eigenvalue weighted by atomic mass is 9.47. The number of allylic oxidation sites excluding steroid dienone is 6. The van der Waals surface area contributed by atoms with E-state index in [0.717, 1.165) is 16.8 Å². The van der Waals surface area contributed by atoms with Crippen molar-refractivity contribution >= 4 is 35.4 Å². The molecule has 3 aliphatic carbocycles. The van der Waals surface area contributed by atoms with Gasteiger partial charge in [0.25, 0.3) is 5.60 Å². The van der Waals surface area contributed by atoms with Crippen LogP contribution in [0.1, 0.15) is 138 Å². The Hall–Kier alpha value is -6.24. The largest absolute Gasteiger partial charge is 0.509 e. The van der Waals surface area contributed by atoms with Gasteiger partial charge in [-0.25, -0.2) is 14.7 Å². The van der Waals surface area contributed by atoms with Crippen LogP contribution in [0.3, 0.4) is 0 Å². The summed E-state index contributed by atoms with van der Waals surface area (Å²) < 4.78 is 38.4. The first-order valence-electron chi connectivity index (χ1n) is 31.0. The van der Waals surface area contributed by atoms with Gasteiger partial charge in [-0.15, -0.1) is 0 Å². The van der Waals surface area contributed by atoms with E-state index in [9.17, 15) is 15.0 Å². The molecule has 5 heterocycles. The molecule has 2 saturated heterocycles. The number of fused-ring (bicyclic) bond motifs is 3. The van der Waals surface area contributed by atoms with Crippen molar-refractivity contribution in [2.75, 3.05) is 71.5 Å². The van der Waals surface area contributed by atoms with Crippen LogP contribution in [0.4, 0.5) is 16.2 Å². The molecule has 2 aromatic carbocycles. The standard InChI is InChI=1S/C69H92N4O13/c1-14-65(79)37-46-38-68(60(76)81-11,56(27-21-30-71(41-46)42-65)70-47-23-17-16-18-24-47)53-35-52-54(36-55(53)80-10)73(83-13)58-67(52)29-32-72-31-22-28-66(15-2,57(67)72)59(84-45(5)74)69(58,61(77)82-12)86-62(78)85-49-34-44(4)51(64(8,9)40-49)26-20-19-25-50-43(3)33-48(75)39-63(50,6)7/h16-20,22-28,35-36,46,48-49,57-59,70,75,79H,14-15,21,29-34,37-42H2,1-13H3/b25-19+,26-20+,56-27?/t46-,48+,49-,57+,58-,59-,65-,66-,67-,68+,69+/m1/s1. The molecule has 1 saturated carbocycles. The number of ether oxygens (including phenoxy) is 6. The molecule has 3 fully saturated rings. The number of rotatable bonds is 15. The predicted octanol–water partition coefficient (Wildman–Crippen LogP) is 10.5. The fraction of sp³-hybridized carbons (Fsp3) is 0.594. The number of anilines is 2. The first-order chi connectivity index (χ1) is 40.9. The summed E-state index contributed by atoms with van der Waals surface area (Å²) in [5, 5.41) is 28.0. The SMILES string of the molecule is CC[C@@]1(O)C[C@H]2CN(CCC=C(Nc3ccccc3)[C@@](C(=O)OC)(c3cc4c(cc3OC)N(OC)[C@H]3[C@@](OC(=O)O[C@@H]5CC(C)=C(/C=C/C=C/C6=C(C)C[C@H](O)CC6(C)C)C(C)(C)C5)(C(=O)OC)[C@H](OC(C)=O)[C@]5(CC)C=CCN6CC[C@]43[C@@H]65)C2)C1. The summed E-state index contributed by atoms with van der Waals surface area (Å²) in [5.41, 5.74) is -0.554. The number of benzene rings is 2. The van der Waals surface area contributed by atoms with Crippen molar-refractivity contribution in [3.63, 3.8) is 0 Å². The van der Waals surface area contributed by atoms with Gasteiger partial charge < -0.3 is 44.0 Å². The lowest BCUT2D eigenvalue weighted by molar-refractivity contribution is -0.238. The molecule has 466 valence electrons. The molecule has 86 heavy (non-hydrogen) atoms. The number of hydrogen-bond donors (Lipinski definition) is 3. The maximum absolute atomic E-state index is 15.8. The van der Waals surface area contributed by atoms with Crippen molar-refractivity contribution in [1.29, 1.82) is 0 Å². The Bertz CT molecular complexity index is 3160. The molecule has 2 aromatic rings. The van der Waals surface area contributed by atoms with Crippen molar-refractivity contribution < 1.29 is 62.6 Å². The zero-order valence-electron chi connectivity index (χ0n) is 52.9. The lowest BCUT2D eigenvalue weighted by Crippen LogP contribution is -2.82. The number of nitrogens with one attached hydrogen (secondary N) is 1. The van der Waals surface area contributed by atoms with Crippen LogP contribution >= 0.6 is 0 Å². The van der Waals surface area contributed by atoms with E-state index in [1.54, 1.807) is 12.2 Å². The number of methoxy groups -OCH3 is 3. The normalized spacial score (nSPS) is 34.5. The number of hydrogen-bond acceptors (Lipinski definition) is 17. The number of aliphatic hydroxyl groups excluding tert-OH is 1. The maximum Gasteiger partial charge on any atom is 0.509 e. The third-order valence-corrected chi connectivity index (χ3v) is 20.9. The second kappa shape index (κ2) is 23.7. The van der Waals surface area contributed by atoms with Crippen LogP contribution in [0.15, 0.2) is 113 Å². The first kappa shape index (κ1) is 62.8. The second-order valence-electron chi connectivity index (χ2n) is 27.1. The zero-order valence-corrected chi connectivity index (χ0v) is 52.9. The number of nitrogens with zero attached hydrogens (tertiary/aromatic N) is 3. The fourth-order valence-electron chi connectivity index (χ4n) is 17.8. The van der Waals surface area contributed by atoms with Gasteiger partial charge in [-0.3, -0.25) is 24.2 Å². The Kier molecular flexibility index (Phi) is 17.3. The minimum atomic E-state index is -2.48. The van der Waals surface area contributed by atoms with Crippen molar-refractivity contribution in [3.05, 3.63) is 124 Å². The molecular formula is C69H92N4O13. The molecule has 2 bridgehead atoms. The van der Waals surface area contributed by atoms with E-state index in [0.29, 0.717) is 119 Å². The van der Waals surface area contributed by atoms with Gasteiger partial charge in [0.2, 0.25) is 0 Å². The van der Waals surface area contributed by atoms with Gasteiger partial charge in [0, 0.05) is 79.4 Å². The molecule has 8 aliphatic rings. The molecular weight excluding hydrogens is 1090 g/mol. The number of esters is 3. The third kappa shape index (κ3) is 10.4. The summed E-state index contributed by atoms with van der Waals surface area (Å²) in [6, 6.07) is 11.8. The number of aliphatic hydroxyl groups is 2. The van der Waals surface area contributed by atoms with Gasteiger partial charge in [0.15, 0.2) is 6.10 Å². The summed E-state index contributed by atoms with van der Waals surface area (Å²) in [6.07, 6.45) is 15.5. The van der Waals surface area contributed by atoms with Crippen molar-refractivity contribution in [2.45, 2.75) is 179 Å². The molecule has 3 N–H and O–H groups in total. The Morgan fingerprint density at radius 1 is 0.802 bits per heavy atom. The molecule has 5 aliphatic heterocycles. The van der Waals surface area contributed by atoms with E-state index in [4.69, 9.17) is 33.3 Å². The van der Waals surface area contributed by atoms with Gasteiger partial charge in [-0.2, -0.15) is 0 Å². The van der Waals surface area contributed by atoms with Crippen molar-refractivity contribution in [1.82, 2.24) is 9.80 Å². The van der Waals surface area contributed by atoms with E-state index in [1.165, 1.54) is 39.4 Å². The van der Waals surface area contributed by atoms with Crippen molar-refractivity contribution in [3.8, 4) is 5.75 Å². The van der Waals surface area contributed by atoms with Gasteiger partial charge in [-0.1, -0.05) is 113 Å². The van der Waals surface area contributed by atoms with Gasteiger partial charge >= 0.3 is 24.1 Å². The predicted molar refractivity (Wildman–Crippen MR) is 328 cm³/mol. The number of piperidine rings is 1. The molecule has 0 radical (unpaired) electrons. The van der Waals surface area contributed by atoms with Crippen molar-refractivity contribution in [2.24, 2.45) is 22.2 Å². The lowest BCUT2D eigenvalue weighted by Gasteiger charge is -2.63. The topological polar surface area (TPSA) is 195 Å². The summed E-state index contributed by atoms with van der Waals surface area (Å²) in [7, 11) is 5.68. The average molecular weight is 1190 g/mol. The van der Waals surface area contributed by atoms with Crippen LogP contribution in [0, 0.1) is 22.2 Å². The van der Waals surface area contributed by atoms with E-state index in [1.807, 2.05) is 81.5 Å². The number of carbonyl (C=O) groups excluding carboxylic acids is 4. The Balaban J connectivity index is 1.12. The van der Waals surface area contributed by atoms with E-state index in [-0.39, 0.29) is 23.9 Å². The van der Waals surface area contributed by atoms with Crippen LogP contribution < -0.4 is 15.1 Å². The van der Waals surface area contributed by atoms with Crippen LogP contribution in [0.25, 0.3) is 0 Å². The molecule has 17 heteroatoms. The highest BCUT2D eigenvalue weighted by molar-refractivity contribution is 5.92. The monoisotopic (exact) mass is 1180 g/mol. The highest BCUT2D eigenvalue weighted by Crippen LogP contribution is 2.69. The van der Waals surface area contributed by atoms with Crippen LogP contribution in [-0.2, 0) is 53.7 Å². The van der Waals surface area contributed by atoms with Crippen LogP contribution in [-0.4, -0.2) is 147 Å². The molecule has 10 rings (SSSR count). The number of hydroxylamine groups is 1. The molecule has 1 spiro atoms. The Morgan fingerprint density at radius 3 is 2.10 bits per heavy atom. The summed E-state index contributed by atoms with van der Waals surface area (Å²) in [6.45, 7) is 20.8. The summed E-state index contributed by atoms with van der Waals surface area (Å²) in [4.78, 5) is 72.1.